The number of aryl methyl sites for hydroxylation is 1. The molecule has 0 N–H and O–H groups in total. The van der Waals surface area contributed by atoms with Crippen LogP contribution in [-0.2, 0) is 11.3 Å². The molecule has 0 bridgehead atoms. The molecule has 120 valence electrons. The Hall–Kier alpha value is -1.92. The third kappa shape index (κ3) is 2.52. The van der Waals surface area contributed by atoms with Gasteiger partial charge in [0, 0.05) is 23.7 Å². The number of fused-ring (bicyclic) bond motifs is 3. The molecule has 6 nitrogen and oxygen atoms in total. The average molecular weight is 333 g/mol. The first kappa shape index (κ1) is 14.7. The number of ether oxygens (including phenoxy) is 1. The van der Waals surface area contributed by atoms with Crippen LogP contribution >= 0.6 is 11.6 Å². The number of hydrogen-bond acceptors (Lipinski definition) is 4. The topological polar surface area (TPSA) is 60.3 Å². The Morgan fingerprint density at radius 3 is 3.13 bits per heavy atom. The van der Waals surface area contributed by atoms with E-state index in [1.54, 1.807) is 18.3 Å². The predicted octanol–water partition coefficient (Wildman–Crippen LogP) is 2.23. The van der Waals surface area contributed by atoms with Crippen LogP contribution in [0.4, 0.5) is 0 Å². The average Bonchev–Trinajstić information content (AvgIpc) is 3.05. The number of aromatic nitrogens is 3. The number of benzene rings is 1. The van der Waals surface area contributed by atoms with E-state index >= 15 is 0 Å². The molecule has 4 rings (SSSR count). The van der Waals surface area contributed by atoms with Gasteiger partial charge in [0.1, 0.15) is 0 Å². The molecule has 0 saturated carbocycles. The highest BCUT2D eigenvalue weighted by atomic mass is 35.5. The maximum atomic E-state index is 12.8. The van der Waals surface area contributed by atoms with Gasteiger partial charge >= 0.3 is 0 Å². The van der Waals surface area contributed by atoms with Crippen LogP contribution in [-0.4, -0.2) is 45.0 Å². The Bertz CT molecular complexity index is 760. The van der Waals surface area contributed by atoms with Crippen molar-refractivity contribution in [3.8, 4) is 0 Å². The smallest absolute Gasteiger partial charge is 0.253 e. The maximum absolute atomic E-state index is 12.8. The number of rotatable bonds is 1. The van der Waals surface area contributed by atoms with Gasteiger partial charge in [-0.15, -0.1) is 5.10 Å². The van der Waals surface area contributed by atoms with Gasteiger partial charge in [-0.1, -0.05) is 16.8 Å². The van der Waals surface area contributed by atoms with Gasteiger partial charge in [-0.2, -0.15) is 0 Å². The summed E-state index contributed by atoms with van der Waals surface area (Å²) in [6.07, 6.45) is 2.63. The van der Waals surface area contributed by atoms with E-state index in [1.807, 2.05) is 22.6 Å². The maximum Gasteiger partial charge on any atom is 0.253 e. The molecule has 23 heavy (non-hydrogen) atoms. The Morgan fingerprint density at radius 2 is 2.30 bits per heavy atom. The van der Waals surface area contributed by atoms with E-state index in [2.05, 4.69) is 10.3 Å². The molecule has 0 unspecified atom stereocenters. The standard InChI is InChI=1S/C16H17ClN4O2/c1-10-6-11(2-3-13(10)17)16(22)20-5-4-15-14(8-20)21-12(9-23-15)7-18-19-21/h2-3,6-7,14-15H,4-5,8-9H2,1H3/t14-,15+/m0/s1. The number of hydrogen-bond donors (Lipinski definition) is 0. The third-order valence-corrected chi connectivity index (χ3v) is 5.04. The highest BCUT2D eigenvalue weighted by molar-refractivity contribution is 6.31. The number of amides is 1. The highest BCUT2D eigenvalue weighted by Gasteiger charge is 2.38. The van der Waals surface area contributed by atoms with Crippen molar-refractivity contribution in [3.63, 3.8) is 0 Å². The summed E-state index contributed by atoms with van der Waals surface area (Å²) in [5.74, 6) is 0.0236. The molecular formula is C16H17ClN4O2. The van der Waals surface area contributed by atoms with Gasteiger partial charge in [0.25, 0.3) is 5.91 Å². The van der Waals surface area contributed by atoms with Crippen molar-refractivity contribution in [2.24, 2.45) is 0 Å². The molecule has 0 aliphatic carbocycles. The van der Waals surface area contributed by atoms with Crippen molar-refractivity contribution in [3.05, 3.63) is 46.2 Å². The second-order valence-electron chi connectivity index (χ2n) is 6.09. The van der Waals surface area contributed by atoms with Crippen molar-refractivity contribution in [1.29, 1.82) is 0 Å². The van der Waals surface area contributed by atoms with Crippen molar-refractivity contribution < 1.29 is 9.53 Å². The first-order valence-electron chi connectivity index (χ1n) is 7.69. The summed E-state index contributed by atoms with van der Waals surface area (Å²) in [6.45, 7) is 3.72. The molecule has 1 fully saturated rings. The molecule has 0 radical (unpaired) electrons. The number of halogens is 1. The van der Waals surface area contributed by atoms with Crippen LogP contribution < -0.4 is 0 Å². The molecule has 2 aliphatic heterocycles. The molecular weight excluding hydrogens is 316 g/mol. The van der Waals surface area contributed by atoms with Gasteiger partial charge in [-0.3, -0.25) is 4.79 Å². The minimum atomic E-state index is 0.0236. The lowest BCUT2D eigenvalue weighted by Gasteiger charge is -2.41. The van der Waals surface area contributed by atoms with Crippen molar-refractivity contribution in [1.82, 2.24) is 19.9 Å². The summed E-state index contributed by atoms with van der Waals surface area (Å²) < 4.78 is 7.78. The van der Waals surface area contributed by atoms with Crippen LogP contribution in [0.3, 0.4) is 0 Å². The first-order valence-corrected chi connectivity index (χ1v) is 8.07. The fourth-order valence-electron chi connectivity index (χ4n) is 3.32. The van der Waals surface area contributed by atoms with Gasteiger partial charge in [0.15, 0.2) is 0 Å². The molecule has 1 amide bonds. The van der Waals surface area contributed by atoms with Gasteiger partial charge in [0.05, 0.1) is 30.6 Å². The largest absolute Gasteiger partial charge is 0.370 e. The molecule has 2 atom stereocenters. The van der Waals surface area contributed by atoms with Crippen LogP contribution in [0.2, 0.25) is 5.02 Å². The fraction of sp³-hybridized carbons (Fsp3) is 0.438. The number of piperidine rings is 1. The van der Waals surface area contributed by atoms with E-state index in [9.17, 15) is 4.79 Å². The number of nitrogens with zero attached hydrogens (tertiary/aromatic N) is 4. The number of likely N-dealkylation sites (tertiary alicyclic amines) is 1. The van der Waals surface area contributed by atoms with E-state index in [1.165, 1.54) is 0 Å². The summed E-state index contributed by atoms with van der Waals surface area (Å²) >= 11 is 6.05. The Labute approximate surface area is 139 Å². The molecule has 1 aromatic carbocycles. The summed E-state index contributed by atoms with van der Waals surface area (Å²) in [4.78, 5) is 14.6. The minimum Gasteiger partial charge on any atom is -0.370 e. The Balaban J connectivity index is 1.57. The zero-order valence-corrected chi connectivity index (χ0v) is 13.5. The minimum absolute atomic E-state index is 0.0236. The number of carbonyl (C=O) groups is 1. The Morgan fingerprint density at radius 1 is 1.43 bits per heavy atom. The molecule has 2 aromatic rings. The van der Waals surface area contributed by atoms with Crippen LogP contribution in [0.5, 0.6) is 0 Å². The second kappa shape index (κ2) is 5.62. The van der Waals surface area contributed by atoms with E-state index in [4.69, 9.17) is 16.3 Å². The molecule has 0 spiro atoms. The normalized spacial score (nSPS) is 23.3. The van der Waals surface area contributed by atoms with Crippen molar-refractivity contribution in [2.45, 2.75) is 32.1 Å². The molecule has 7 heteroatoms. The summed E-state index contributed by atoms with van der Waals surface area (Å²) in [6, 6.07) is 5.43. The molecule has 2 aliphatic rings. The van der Waals surface area contributed by atoms with E-state index in [0.717, 1.165) is 17.7 Å². The van der Waals surface area contributed by atoms with Crippen molar-refractivity contribution >= 4 is 17.5 Å². The van der Waals surface area contributed by atoms with Gasteiger partial charge in [-0.05, 0) is 37.1 Å². The van der Waals surface area contributed by atoms with Gasteiger partial charge < -0.3 is 9.64 Å². The molecule has 1 aromatic heterocycles. The van der Waals surface area contributed by atoms with E-state index in [-0.39, 0.29) is 18.1 Å². The van der Waals surface area contributed by atoms with Gasteiger partial charge in [0.2, 0.25) is 0 Å². The third-order valence-electron chi connectivity index (χ3n) is 4.62. The lowest BCUT2D eigenvalue weighted by molar-refractivity contribution is -0.0605. The molecule has 3 heterocycles. The SMILES string of the molecule is Cc1cc(C(=O)N2CC[C@H]3OCc4cnnn4[C@H]3C2)ccc1Cl. The summed E-state index contributed by atoms with van der Waals surface area (Å²) in [5.41, 5.74) is 2.54. The van der Waals surface area contributed by atoms with Crippen LogP contribution in [0, 0.1) is 6.92 Å². The van der Waals surface area contributed by atoms with Crippen molar-refractivity contribution in [2.75, 3.05) is 13.1 Å². The summed E-state index contributed by atoms with van der Waals surface area (Å²) in [5, 5.41) is 8.80. The lowest BCUT2D eigenvalue weighted by atomic mass is 9.99. The molecule has 1 saturated heterocycles. The predicted molar refractivity (Wildman–Crippen MR) is 84.3 cm³/mol. The van der Waals surface area contributed by atoms with Gasteiger partial charge in [-0.25, -0.2) is 4.68 Å². The second-order valence-corrected chi connectivity index (χ2v) is 6.50. The monoisotopic (exact) mass is 332 g/mol. The quantitative estimate of drug-likeness (QED) is 0.803. The summed E-state index contributed by atoms with van der Waals surface area (Å²) in [7, 11) is 0. The van der Waals surface area contributed by atoms with Crippen LogP contribution in [0.25, 0.3) is 0 Å². The van der Waals surface area contributed by atoms with Crippen LogP contribution in [0.1, 0.15) is 34.1 Å². The zero-order chi connectivity index (χ0) is 16.0. The highest BCUT2D eigenvalue weighted by Crippen LogP contribution is 2.30. The lowest BCUT2D eigenvalue weighted by Crippen LogP contribution is -2.49. The van der Waals surface area contributed by atoms with E-state index < -0.39 is 0 Å². The van der Waals surface area contributed by atoms with E-state index in [0.29, 0.717) is 30.3 Å². The fourth-order valence-corrected chi connectivity index (χ4v) is 3.44. The number of carbonyl (C=O) groups excluding carboxylic acids is 1. The van der Waals surface area contributed by atoms with Crippen LogP contribution in [0.15, 0.2) is 24.4 Å². The first-order chi connectivity index (χ1) is 11.1. The Kier molecular flexibility index (Phi) is 3.58. The zero-order valence-electron chi connectivity index (χ0n) is 12.8.